The topological polar surface area (TPSA) is 76.2 Å². The van der Waals surface area contributed by atoms with Gasteiger partial charge in [0.05, 0.1) is 26.0 Å². The van der Waals surface area contributed by atoms with Crippen LogP contribution in [0.25, 0.3) is 0 Å². The van der Waals surface area contributed by atoms with Crippen molar-refractivity contribution in [1.29, 1.82) is 0 Å². The van der Waals surface area contributed by atoms with Gasteiger partial charge in [0.25, 0.3) is 0 Å². The van der Waals surface area contributed by atoms with Gasteiger partial charge in [-0.05, 0) is 5.56 Å². The highest BCUT2D eigenvalue weighted by Gasteiger charge is 2.41. The standard InChI is InChI=1S/C17H24N2O5S/c1-25(21,22)19(13-15-5-3-2-4-6-15)14-16(20)18-9-7-17(8-10-18)23-11-12-24-17/h2-6H,7-14H2,1H3. The first-order chi connectivity index (χ1) is 11.9. The molecule has 3 rings (SSSR count). The molecule has 1 aromatic rings. The number of likely N-dealkylation sites (tertiary alicyclic amines) is 1. The fourth-order valence-electron chi connectivity index (χ4n) is 3.21. The number of carbonyl (C=O) groups excluding carboxylic acids is 1. The van der Waals surface area contributed by atoms with Gasteiger partial charge in [-0.1, -0.05) is 30.3 Å². The number of hydrogen-bond donors (Lipinski definition) is 0. The molecule has 7 nitrogen and oxygen atoms in total. The monoisotopic (exact) mass is 368 g/mol. The number of amides is 1. The zero-order chi connectivity index (χ0) is 17.9. The largest absolute Gasteiger partial charge is 0.347 e. The summed E-state index contributed by atoms with van der Waals surface area (Å²) in [6.07, 6.45) is 2.38. The Kier molecular flexibility index (Phi) is 5.43. The van der Waals surface area contributed by atoms with Gasteiger partial charge in [-0.25, -0.2) is 8.42 Å². The first-order valence-electron chi connectivity index (χ1n) is 8.43. The van der Waals surface area contributed by atoms with Crippen LogP contribution in [0.15, 0.2) is 30.3 Å². The SMILES string of the molecule is CS(=O)(=O)N(CC(=O)N1CCC2(CC1)OCCO2)Cc1ccccc1. The van der Waals surface area contributed by atoms with Gasteiger partial charge in [0.1, 0.15) is 0 Å². The Balaban J connectivity index is 1.61. The summed E-state index contributed by atoms with van der Waals surface area (Å²) in [6, 6.07) is 9.27. The van der Waals surface area contributed by atoms with Crippen molar-refractivity contribution in [2.24, 2.45) is 0 Å². The highest BCUT2D eigenvalue weighted by atomic mass is 32.2. The number of sulfonamides is 1. The number of nitrogens with zero attached hydrogens (tertiary/aromatic N) is 2. The summed E-state index contributed by atoms with van der Waals surface area (Å²) >= 11 is 0. The van der Waals surface area contributed by atoms with E-state index in [4.69, 9.17) is 9.47 Å². The Morgan fingerprint density at radius 3 is 2.32 bits per heavy atom. The third kappa shape index (κ3) is 4.58. The fraction of sp³-hybridized carbons (Fsp3) is 0.588. The molecular weight excluding hydrogens is 344 g/mol. The molecule has 0 bridgehead atoms. The molecule has 2 fully saturated rings. The van der Waals surface area contributed by atoms with Crippen LogP contribution in [0.2, 0.25) is 0 Å². The van der Waals surface area contributed by atoms with Gasteiger partial charge in [0.15, 0.2) is 5.79 Å². The van der Waals surface area contributed by atoms with Crippen molar-refractivity contribution in [3.63, 3.8) is 0 Å². The van der Waals surface area contributed by atoms with Gasteiger partial charge in [0.2, 0.25) is 15.9 Å². The number of carbonyl (C=O) groups is 1. The third-order valence-electron chi connectivity index (χ3n) is 4.67. The number of benzene rings is 1. The van der Waals surface area contributed by atoms with Crippen molar-refractivity contribution in [1.82, 2.24) is 9.21 Å². The molecule has 0 unspecified atom stereocenters. The van der Waals surface area contributed by atoms with Crippen LogP contribution in [-0.2, 0) is 30.8 Å². The van der Waals surface area contributed by atoms with Gasteiger partial charge in [-0.3, -0.25) is 4.79 Å². The normalized spacial score (nSPS) is 20.3. The smallest absolute Gasteiger partial charge is 0.237 e. The second-order valence-corrected chi connectivity index (χ2v) is 8.49. The van der Waals surface area contributed by atoms with Crippen LogP contribution in [0, 0.1) is 0 Å². The lowest BCUT2D eigenvalue weighted by molar-refractivity contribution is -0.187. The summed E-state index contributed by atoms with van der Waals surface area (Å²) in [5, 5.41) is 0. The molecular formula is C17H24N2O5S. The van der Waals surface area contributed by atoms with Crippen molar-refractivity contribution in [2.75, 3.05) is 39.1 Å². The minimum absolute atomic E-state index is 0.150. The van der Waals surface area contributed by atoms with E-state index in [1.165, 1.54) is 4.31 Å². The van der Waals surface area contributed by atoms with Crippen LogP contribution in [0.3, 0.4) is 0 Å². The number of hydrogen-bond acceptors (Lipinski definition) is 5. The second kappa shape index (κ2) is 7.41. The molecule has 138 valence electrons. The average Bonchev–Trinajstić information content (AvgIpc) is 3.03. The van der Waals surface area contributed by atoms with Crippen LogP contribution in [-0.4, -0.2) is 68.4 Å². The molecule has 8 heteroatoms. The quantitative estimate of drug-likeness (QED) is 0.769. The summed E-state index contributed by atoms with van der Waals surface area (Å²) in [5.74, 6) is -0.730. The molecule has 0 aromatic heterocycles. The van der Waals surface area contributed by atoms with E-state index in [0.717, 1.165) is 11.8 Å². The lowest BCUT2D eigenvalue weighted by Gasteiger charge is -2.38. The molecule has 2 saturated heterocycles. The van der Waals surface area contributed by atoms with E-state index < -0.39 is 15.8 Å². The molecule has 1 amide bonds. The zero-order valence-corrected chi connectivity index (χ0v) is 15.2. The van der Waals surface area contributed by atoms with Gasteiger partial charge in [-0.2, -0.15) is 4.31 Å². The van der Waals surface area contributed by atoms with Gasteiger partial charge in [0, 0.05) is 32.5 Å². The van der Waals surface area contributed by atoms with Gasteiger partial charge < -0.3 is 14.4 Å². The number of piperidine rings is 1. The molecule has 1 spiro atoms. The minimum atomic E-state index is -3.48. The van der Waals surface area contributed by atoms with Crippen LogP contribution in [0.5, 0.6) is 0 Å². The summed E-state index contributed by atoms with van der Waals surface area (Å²) in [6.45, 7) is 2.25. The molecule has 1 aromatic carbocycles. The molecule has 0 atom stereocenters. The molecule has 0 aliphatic carbocycles. The maximum Gasteiger partial charge on any atom is 0.237 e. The fourth-order valence-corrected chi connectivity index (χ4v) is 3.94. The van der Waals surface area contributed by atoms with E-state index >= 15 is 0 Å². The molecule has 25 heavy (non-hydrogen) atoms. The van der Waals surface area contributed by atoms with Crippen molar-refractivity contribution < 1.29 is 22.7 Å². The molecule has 0 N–H and O–H groups in total. The first kappa shape index (κ1) is 18.3. The van der Waals surface area contributed by atoms with Crippen molar-refractivity contribution in [2.45, 2.75) is 25.2 Å². The maximum absolute atomic E-state index is 12.6. The predicted molar refractivity (Wildman–Crippen MR) is 92.1 cm³/mol. The van der Waals surface area contributed by atoms with Crippen LogP contribution < -0.4 is 0 Å². The maximum atomic E-state index is 12.6. The highest BCUT2D eigenvalue weighted by molar-refractivity contribution is 7.88. The first-order valence-corrected chi connectivity index (χ1v) is 10.3. The Labute approximate surface area is 148 Å². The molecule has 2 aliphatic heterocycles. The molecule has 0 saturated carbocycles. The van der Waals surface area contributed by atoms with E-state index in [1.54, 1.807) is 4.90 Å². The van der Waals surface area contributed by atoms with E-state index in [0.29, 0.717) is 39.1 Å². The van der Waals surface area contributed by atoms with E-state index in [-0.39, 0.29) is 19.0 Å². The van der Waals surface area contributed by atoms with Gasteiger partial charge in [-0.15, -0.1) is 0 Å². The minimum Gasteiger partial charge on any atom is -0.347 e. The summed E-state index contributed by atoms with van der Waals surface area (Å²) in [7, 11) is -3.48. The molecule has 2 aliphatic rings. The highest BCUT2D eigenvalue weighted by Crippen LogP contribution is 2.31. The van der Waals surface area contributed by atoms with Crippen LogP contribution in [0.4, 0.5) is 0 Å². The van der Waals surface area contributed by atoms with Crippen LogP contribution in [0.1, 0.15) is 18.4 Å². The number of ether oxygens (including phenoxy) is 2. The zero-order valence-electron chi connectivity index (χ0n) is 14.4. The Morgan fingerprint density at radius 2 is 1.76 bits per heavy atom. The third-order valence-corrected chi connectivity index (χ3v) is 5.87. The Hall–Kier alpha value is -1.48. The Bertz CT molecular complexity index is 691. The number of rotatable bonds is 5. The molecule has 0 radical (unpaired) electrons. The molecule has 2 heterocycles. The van der Waals surface area contributed by atoms with Crippen molar-refractivity contribution in [3.8, 4) is 0 Å². The lowest BCUT2D eigenvalue weighted by Crippen LogP contribution is -2.50. The van der Waals surface area contributed by atoms with Crippen molar-refractivity contribution >= 4 is 15.9 Å². The predicted octanol–water partition coefficient (Wildman–Crippen LogP) is 0.814. The summed E-state index contributed by atoms with van der Waals surface area (Å²) < 4.78 is 36.7. The van der Waals surface area contributed by atoms with Gasteiger partial charge >= 0.3 is 0 Å². The Morgan fingerprint density at radius 1 is 1.16 bits per heavy atom. The summed E-state index contributed by atoms with van der Waals surface area (Å²) in [4.78, 5) is 14.3. The average molecular weight is 368 g/mol. The second-order valence-electron chi connectivity index (χ2n) is 6.51. The van der Waals surface area contributed by atoms with E-state index in [1.807, 2.05) is 30.3 Å². The van der Waals surface area contributed by atoms with Crippen molar-refractivity contribution in [3.05, 3.63) is 35.9 Å². The van der Waals surface area contributed by atoms with Crippen LogP contribution >= 0.6 is 0 Å². The lowest BCUT2D eigenvalue weighted by atomic mass is 10.0. The van der Waals surface area contributed by atoms with E-state index in [2.05, 4.69) is 0 Å². The summed E-state index contributed by atoms with van der Waals surface area (Å²) in [5.41, 5.74) is 0.853. The van der Waals surface area contributed by atoms with E-state index in [9.17, 15) is 13.2 Å².